The van der Waals surface area contributed by atoms with Gasteiger partial charge in [0.25, 0.3) is 0 Å². The van der Waals surface area contributed by atoms with Gasteiger partial charge in [0.1, 0.15) is 30.2 Å². The van der Waals surface area contributed by atoms with Gasteiger partial charge in [-0.2, -0.15) is 0 Å². The van der Waals surface area contributed by atoms with E-state index in [1.54, 1.807) is 30.3 Å². The molecule has 0 aromatic heterocycles. The van der Waals surface area contributed by atoms with Gasteiger partial charge >= 0.3 is 0 Å². The highest BCUT2D eigenvalue weighted by Gasteiger charge is 2.38. The predicted molar refractivity (Wildman–Crippen MR) is 195 cm³/mol. The lowest BCUT2D eigenvalue weighted by Gasteiger charge is -2.27. The van der Waals surface area contributed by atoms with Crippen molar-refractivity contribution >= 4 is 52.7 Å². The number of nitrogens with one attached hydrogen (secondary N) is 7. The molecule has 1 aliphatic heterocycles. The molecule has 56 heavy (non-hydrogen) atoms. The molecule has 0 spiro atoms. The molecule has 22 nitrogen and oxygen atoms in total. The van der Waals surface area contributed by atoms with E-state index in [9.17, 15) is 58.5 Å². The molecule has 1 aliphatic rings. The second-order valence-electron chi connectivity index (χ2n) is 13.1. The number of rotatable bonds is 13. The lowest BCUT2D eigenvalue weighted by molar-refractivity contribution is -0.143. The van der Waals surface area contributed by atoms with Crippen molar-refractivity contribution in [3.63, 3.8) is 0 Å². The largest absolute Gasteiger partial charge is 0.394 e. The maximum absolute atomic E-state index is 13.5. The van der Waals surface area contributed by atoms with Gasteiger partial charge in [-0.3, -0.25) is 49.0 Å². The van der Waals surface area contributed by atoms with Crippen LogP contribution in [0.4, 0.5) is 0 Å². The van der Waals surface area contributed by atoms with Crippen LogP contribution < -0.4 is 54.9 Å². The number of carbonyl (C=O) groups excluding carboxylic acids is 9. The SMILES string of the molecule is C[C@@H](O)[C@@H]1NC(=O)[C@H](CO)NNC(C(=O)N[C@@H](CO)C(=O)C(=O)[C@H](Cc2ccccc2)NN)CCC(=O)NCCCCC(N)C(=O)N[C@@H](CC(N)=O)C(=O)C1=O. The molecule has 0 radical (unpaired) electrons. The zero-order chi connectivity index (χ0) is 41.9. The predicted octanol–water partition coefficient (Wildman–Crippen LogP) is -6.73. The van der Waals surface area contributed by atoms with Crippen molar-refractivity contribution in [3.05, 3.63) is 35.9 Å². The van der Waals surface area contributed by atoms with Crippen LogP contribution in [0.5, 0.6) is 0 Å². The van der Waals surface area contributed by atoms with Gasteiger partial charge in [-0.25, -0.2) is 16.3 Å². The fourth-order valence-electron chi connectivity index (χ4n) is 5.44. The number of benzene rings is 1. The summed E-state index contributed by atoms with van der Waals surface area (Å²) >= 11 is 0. The van der Waals surface area contributed by atoms with E-state index in [0.29, 0.717) is 18.4 Å². The minimum atomic E-state index is -1.97. The average molecular weight is 793 g/mol. The number of hydrazine groups is 2. The molecule has 0 bridgehead atoms. The van der Waals surface area contributed by atoms with Crippen molar-refractivity contribution in [2.45, 2.75) is 100 Å². The average Bonchev–Trinajstić information content (AvgIpc) is 3.17. The number of amides is 5. The van der Waals surface area contributed by atoms with Crippen LogP contribution in [0.3, 0.4) is 0 Å². The van der Waals surface area contributed by atoms with Gasteiger partial charge in [0.05, 0.1) is 37.8 Å². The third-order valence-corrected chi connectivity index (χ3v) is 8.71. The number of aliphatic hydroxyl groups is 3. The van der Waals surface area contributed by atoms with Crippen molar-refractivity contribution in [2.75, 3.05) is 19.8 Å². The minimum absolute atomic E-state index is 0.00722. The summed E-state index contributed by atoms with van der Waals surface area (Å²) in [5.41, 5.74) is 18.9. The van der Waals surface area contributed by atoms with Crippen LogP contribution >= 0.6 is 0 Å². The van der Waals surface area contributed by atoms with Crippen LogP contribution in [0.1, 0.15) is 51.0 Å². The first kappa shape index (κ1) is 47.1. The van der Waals surface area contributed by atoms with E-state index in [0.717, 1.165) is 6.92 Å². The molecule has 1 aromatic rings. The van der Waals surface area contributed by atoms with Gasteiger partial charge in [0.15, 0.2) is 0 Å². The maximum Gasteiger partial charge on any atom is 0.241 e. The number of primary amides is 1. The molecule has 5 amide bonds. The molecule has 2 unspecified atom stereocenters. The summed E-state index contributed by atoms with van der Waals surface area (Å²) in [5, 5.41) is 39.5. The number of carbonyl (C=O) groups is 9. The molecular weight excluding hydrogens is 740 g/mol. The highest BCUT2D eigenvalue weighted by Crippen LogP contribution is 2.08. The zero-order valence-electron chi connectivity index (χ0n) is 30.8. The Labute approximate surface area is 321 Å². The van der Waals surface area contributed by atoms with E-state index in [2.05, 4.69) is 37.5 Å². The lowest BCUT2D eigenvalue weighted by atomic mass is 9.96. The Balaban J connectivity index is 2.35. The van der Waals surface area contributed by atoms with Crippen molar-refractivity contribution in [3.8, 4) is 0 Å². The maximum atomic E-state index is 13.5. The topological polar surface area (TPSA) is 377 Å². The van der Waals surface area contributed by atoms with E-state index >= 15 is 0 Å². The molecule has 1 aromatic carbocycles. The Morgan fingerprint density at radius 2 is 1.54 bits per heavy atom. The summed E-state index contributed by atoms with van der Waals surface area (Å²) in [6, 6.07) is -2.58. The van der Waals surface area contributed by atoms with Gasteiger partial charge in [-0.15, -0.1) is 0 Å². The molecular formula is C34H52N10O12. The summed E-state index contributed by atoms with van der Waals surface area (Å²) in [6.07, 6.45) is -2.49. The standard InChI is InChI=1S/C34H52N10O12/c1-17(47)27-31(53)28(50)21(14-25(36)48)39-32(54)19(35)9-5-6-12-38-26(49)11-10-20(43-44-24(16-46)34(56)41-27)33(55)40-23(15-45)30(52)29(51)22(42-37)13-18-7-3-2-4-8-18/h2-4,7-8,17,19-24,27,42-47H,5-6,9-16,35,37H2,1H3,(H2,36,48)(H,38,49)(H,39,54)(H,40,55)(H,41,56)/t17-,19?,20?,21+,22+,23+,24+,27+/m1/s1. The van der Waals surface area contributed by atoms with E-state index in [4.69, 9.17) is 17.3 Å². The summed E-state index contributed by atoms with van der Waals surface area (Å²) in [6.45, 7) is -0.859. The van der Waals surface area contributed by atoms with Crippen molar-refractivity contribution in [1.29, 1.82) is 0 Å². The molecule has 22 heteroatoms. The monoisotopic (exact) mass is 792 g/mol. The Kier molecular flexibility index (Phi) is 20.0. The second kappa shape index (κ2) is 23.8. The van der Waals surface area contributed by atoms with E-state index in [-0.39, 0.29) is 32.2 Å². The smallest absolute Gasteiger partial charge is 0.241 e. The van der Waals surface area contributed by atoms with Gasteiger partial charge in [0.2, 0.25) is 52.7 Å². The van der Waals surface area contributed by atoms with Crippen LogP contribution in [0.2, 0.25) is 0 Å². The number of ketones is 4. The first-order chi connectivity index (χ1) is 26.5. The van der Waals surface area contributed by atoms with E-state index < -0.39 is 121 Å². The third-order valence-electron chi connectivity index (χ3n) is 8.71. The van der Waals surface area contributed by atoms with Crippen LogP contribution in [-0.4, -0.2) is 136 Å². The molecule has 1 fully saturated rings. The molecule has 0 saturated carbocycles. The Bertz CT molecular complexity index is 1560. The van der Waals surface area contributed by atoms with Crippen LogP contribution in [0.25, 0.3) is 0 Å². The number of hydrogen-bond acceptors (Lipinski definition) is 17. The van der Waals surface area contributed by atoms with Crippen LogP contribution in [0, 0.1) is 0 Å². The minimum Gasteiger partial charge on any atom is -0.394 e. The third kappa shape index (κ3) is 14.9. The van der Waals surface area contributed by atoms with Crippen LogP contribution in [0.15, 0.2) is 30.3 Å². The lowest BCUT2D eigenvalue weighted by Crippen LogP contribution is -2.62. The Morgan fingerprint density at radius 3 is 2.12 bits per heavy atom. The van der Waals surface area contributed by atoms with Crippen LogP contribution in [-0.2, 0) is 49.6 Å². The van der Waals surface area contributed by atoms with Crippen molar-refractivity contribution in [2.24, 2.45) is 17.3 Å². The number of Topliss-reactive ketones (excluding diaryl/α,β-unsaturated/α-hetero) is 4. The van der Waals surface area contributed by atoms with E-state index in [1.807, 2.05) is 0 Å². The Morgan fingerprint density at radius 1 is 0.875 bits per heavy atom. The first-order valence-electron chi connectivity index (χ1n) is 17.8. The number of hydrogen-bond donors (Lipinski definition) is 13. The fraction of sp³-hybridized carbons (Fsp3) is 0.559. The van der Waals surface area contributed by atoms with Crippen molar-refractivity contribution < 1.29 is 58.5 Å². The van der Waals surface area contributed by atoms with Gasteiger partial charge in [-0.1, -0.05) is 30.3 Å². The van der Waals surface area contributed by atoms with Crippen molar-refractivity contribution in [1.82, 2.24) is 37.5 Å². The zero-order valence-corrected chi connectivity index (χ0v) is 30.8. The van der Waals surface area contributed by atoms with Gasteiger partial charge in [0, 0.05) is 13.0 Å². The molecule has 1 heterocycles. The number of aliphatic hydroxyl groups excluding tert-OH is 3. The van der Waals surface area contributed by atoms with Gasteiger partial charge < -0.3 is 48.1 Å². The molecule has 1 saturated heterocycles. The highest BCUT2D eigenvalue weighted by molar-refractivity contribution is 6.42. The normalized spacial score (nSPS) is 24.2. The van der Waals surface area contributed by atoms with E-state index in [1.165, 1.54) is 0 Å². The molecule has 310 valence electrons. The summed E-state index contributed by atoms with van der Waals surface area (Å²) < 4.78 is 0. The molecule has 0 aliphatic carbocycles. The highest BCUT2D eigenvalue weighted by atomic mass is 16.3. The fourth-order valence-corrected chi connectivity index (χ4v) is 5.44. The summed E-state index contributed by atoms with van der Waals surface area (Å²) in [5.74, 6) is -4.28. The summed E-state index contributed by atoms with van der Waals surface area (Å²) in [4.78, 5) is 117. The number of nitrogens with two attached hydrogens (primary N) is 3. The summed E-state index contributed by atoms with van der Waals surface area (Å²) in [7, 11) is 0. The Hall–Kier alpha value is -5.07. The first-order valence-corrected chi connectivity index (χ1v) is 17.8. The second-order valence-corrected chi connectivity index (χ2v) is 13.1. The quantitative estimate of drug-likeness (QED) is 0.0501. The molecule has 2 rings (SSSR count). The molecule has 8 atom stereocenters. The van der Waals surface area contributed by atoms with Gasteiger partial charge in [-0.05, 0) is 44.6 Å². The molecule has 16 N–H and O–H groups in total.